The Balaban J connectivity index is 2.39. The molecule has 1 atom stereocenters. The molecule has 0 aliphatic rings. The molecule has 0 fully saturated rings. The molecule has 0 aromatic heterocycles. The molecular formula is C17H20BrNO. The Morgan fingerprint density at radius 3 is 2.35 bits per heavy atom. The van der Waals surface area contributed by atoms with Gasteiger partial charge < -0.3 is 10.1 Å². The van der Waals surface area contributed by atoms with Gasteiger partial charge in [0.05, 0.1) is 13.2 Å². The maximum atomic E-state index is 5.43. The molecule has 20 heavy (non-hydrogen) atoms. The third kappa shape index (κ3) is 3.41. The van der Waals surface area contributed by atoms with Crippen LogP contribution >= 0.6 is 15.9 Å². The predicted octanol–water partition coefficient (Wildman–Crippen LogP) is 4.47. The van der Waals surface area contributed by atoms with Crippen molar-refractivity contribution in [3.8, 4) is 5.75 Å². The number of rotatable bonds is 5. The molecule has 1 N–H and O–H groups in total. The number of hydrogen-bond donors (Lipinski definition) is 1. The normalized spacial score (nSPS) is 12.2. The van der Waals surface area contributed by atoms with Gasteiger partial charge in [-0.2, -0.15) is 0 Å². The molecule has 0 spiro atoms. The van der Waals surface area contributed by atoms with Gasteiger partial charge in [-0.3, -0.25) is 0 Å². The summed E-state index contributed by atoms with van der Waals surface area (Å²) < 4.78 is 6.53. The minimum absolute atomic E-state index is 0.183. The van der Waals surface area contributed by atoms with Gasteiger partial charge in [0, 0.05) is 4.47 Å². The topological polar surface area (TPSA) is 21.3 Å². The van der Waals surface area contributed by atoms with Crippen LogP contribution in [0.25, 0.3) is 0 Å². The van der Waals surface area contributed by atoms with Crippen molar-refractivity contribution in [1.82, 2.24) is 5.32 Å². The average Bonchev–Trinajstić information content (AvgIpc) is 2.47. The van der Waals surface area contributed by atoms with Crippen molar-refractivity contribution in [2.45, 2.75) is 19.9 Å². The predicted molar refractivity (Wildman–Crippen MR) is 87.4 cm³/mol. The molecule has 0 saturated carbocycles. The molecule has 2 aromatic carbocycles. The van der Waals surface area contributed by atoms with E-state index in [0.717, 1.165) is 22.3 Å². The van der Waals surface area contributed by atoms with Crippen molar-refractivity contribution < 1.29 is 4.74 Å². The van der Waals surface area contributed by atoms with E-state index < -0.39 is 0 Å². The number of ether oxygens (including phenoxy) is 1. The Hall–Kier alpha value is -1.32. The lowest BCUT2D eigenvalue weighted by molar-refractivity contribution is 0.410. The third-order valence-corrected chi connectivity index (χ3v) is 3.91. The Bertz CT molecular complexity index is 566. The van der Waals surface area contributed by atoms with Crippen LogP contribution in [0.1, 0.15) is 29.7 Å². The summed E-state index contributed by atoms with van der Waals surface area (Å²) in [6, 6.07) is 15.0. The monoisotopic (exact) mass is 333 g/mol. The van der Waals surface area contributed by atoms with Crippen LogP contribution in [0.4, 0.5) is 0 Å². The van der Waals surface area contributed by atoms with Crippen molar-refractivity contribution in [3.63, 3.8) is 0 Å². The van der Waals surface area contributed by atoms with E-state index in [1.807, 2.05) is 0 Å². The largest absolute Gasteiger partial charge is 0.496 e. The van der Waals surface area contributed by atoms with Gasteiger partial charge >= 0.3 is 0 Å². The number of nitrogens with one attached hydrogen (secondary N) is 1. The van der Waals surface area contributed by atoms with E-state index in [4.69, 9.17) is 4.74 Å². The van der Waals surface area contributed by atoms with Gasteiger partial charge in [-0.1, -0.05) is 47.1 Å². The molecule has 0 amide bonds. The Morgan fingerprint density at radius 1 is 1.10 bits per heavy atom. The molecule has 0 heterocycles. The SMILES string of the molecule is CCNC(c1ccc(Br)cc1)c1ccc(C)c(OC)c1. The first-order valence-corrected chi connectivity index (χ1v) is 7.58. The number of hydrogen-bond acceptors (Lipinski definition) is 2. The van der Waals surface area contributed by atoms with Gasteiger partial charge in [0.25, 0.3) is 0 Å². The van der Waals surface area contributed by atoms with Crippen LogP contribution in [0.5, 0.6) is 5.75 Å². The highest BCUT2D eigenvalue weighted by Crippen LogP contribution is 2.28. The van der Waals surface area contributed by atoms with E-state index in [2.05, 4.69) is 77.6 Å². The summed E-state index contributed by atoms with van der Waals surface area (Å²) in [5.41, 5.74) is 3.62. The summed E-state index contributed by atoms with van der Waals surface area (Å²) in [6.07, 6.45) is 0. The molecule has 0 saturated heterocycles. The lowest BCUT2D eigenvalue weighted by Crippen LogP contribution is -2.22. The maximum Gasteiger partial charge on any atom is 0.122 e. The molecule has 0 bridgehead atoms. The standard InChI is InChI=1S/C17H20BrNO/c1-4-19-17(13-7-9-15(18)10-8-13)14-6-5-12(2)16(11-14)20-3/h5-11,17,19H,4H2,1-3H3. The fourth-order valence-electron chi connectivity index (χ4n) is 2.30. The summed E-state index contributed by atoms with van der Waals surface area (Å²) in [5, 5.41) is 3.53. The first-order chi connectivity index (χ1) is 9.65. The highest BCUT2D eigenvalue weighted by atomic mass is 79.9. The van der Waals surface area contributed by atoms with E-state index >= 15 is 0 Å². The van der Waals surface area contributed by atoms with Gasteiger partial charge in [-0.15, -0.1) is 0 Å². The Kier molecular flexibility index (Phi) is 5.21. The molecule has 0 radical (unpaired) electrons. The van der Waals surface area contributed by atoms with Gasteiger partial charge in [-0.05, 0) is 48.4 Å². The van der Waals surface area contributed by atoms with E-state index in [1.54, 1.807) is 7.11 Å². The van der Waals surface area contributed by atoms with Gasteiger partial charge in [0.15, 0.2) is 0 Å². The van der Waals surface area contributed by atoms with Crippen LogP contribution in [-0.4, -0.2) is 13.7 Å². The van der Waals surface area contributed by atoms with Crippen molar-refractivity contribution in [1.29, 1.82) is 0 Å². The summed E-state index contributed by atoms with van der Waals surface area (Å²) in [6.45, 7) is 5.10. The van der Waals surface area contributed by atoms with E-state index in [1.165, 1.54) is 11.1 Å². The lowest BCUT2D eigenvalue weighted by atomic mass is 9.97. The number of aryl methyl sites for hydroxylation is 1. The second-order valence-corrected chi connectivity index (χ2v) is 5.69. The highest BCUT2D eigenvalue weighted by molar-refractivity contribution is 9.10. The second-order valence-electron chi connectivity index (χ2n) is 4.77. The number of benzene rings is 2. The second kappa shape index (κ2) is 6.91. The van der Waals surface area contributed by atoms with Crippen LogP contribution in [0.15, 0.2) is 46.9 Å². The Labute approximate surface area is 129 Å². The maximum absolute atomic E-state index is 5.43. The van der Waals surface area contributed by atoms with Crippen LogP contribution in [0.2, 0.25) is 0 Å². The molecule has 1 unspecified atom stereocenters. The molecule has 2 nitrogen and oxygen atoms in total. The number of halogens is 1. The van der Waals surface area contributed by atoms with Crippen molar-refractivity contribution in [2.75, 3.05) is 13.7 Å². The first-order valence-electron chi connectivity index (χ1n) is 6.79. The van der Waals surface area contributed by atoms with Crippen molar-refractivity contribution >= 4 is 15.9 Å². The molecule has 0 aliphatic heterocycles. The summed E-state index contributed by atoms with van der Waals surface area (Å²) in [7, 11) is 1.72. The fraction of sp³-hybridized carbons (Fsp3) is 0.294. The van der Waals surface area contributed by atoms with Crippen molar-refractivity contribution in [2.24, 2.45) is 0 Å². The average molecular weight is 334 g/mol. The summed E-state index contributed by atoms with van der Waals surface area (Å²) in [5.74, 6) is 0.933. The smallest absolute Gasteiger partial charge is 0.122 e. The fourth-order valence-corrected chi connectivity index (χ4v) is 2.57. The number of methoxy groups -OCH3 is 1. The minimum Gasteiger partial charge on any atom is -0.496 e. The molecule has 2 rings (SSSR count). The molecular weight excluding hydrogens is 314 g/mol. The zero-order valence-electron chi connectivity index (χ0n) is 12.1. The molecule has 0 aliphatic carbocycles. The van der Waals surface area contributed by atoms with Gasteiger partial charge in [0.2, 0.25) is 0 Å². The van der Waals surface area contributed by atoms with E-state index in [9.17, 15) is 0 Å². The third-order valence-electron chi connectivity index (χ3n) is 3.38. The van der Waals surface area contributed by atoms with Crippen molar-refractivity contribution in [3.05, 3.63) is 63.6 Å². The minimum atomic E-state index is 0.183. The zero-order chi connectivity index (χ0) is 14.5. The zero-order valence-corrected chi connectivity index (χ0v) is 13.7. The quantitative estimate of drug-likeness (QED) is 0.871. The molecule has 3 heteroatoms. The Morgan fingerprint density at radius 2 is 1.75 bits per heavy atom. The summed E-state index contributed by atoms with van der Waals surface area (Å²) >= 11 is 3.48. The van der Waals surface area contributed by atoms with E-state index in [-0.39, 0.29) is 6.04 Å². The van der Waals surface area contributed by atoms with Crippen LogP contribution < -0.4 is 10.1 Å². The van der Waals surface area contributed by atoms with Gasteiger partial charge in [-0.25, -0.2) is 0 Å². The van der Waals surface area contributed by atoms with Crippen LogP contribution in [0.3, 0.4) is 0 Å². The van der Waals surface area contributed by atoms with E-state index in [0.29, 0.717) is 0 Å². The highest BCUT2D eigenvalue weighted by Gasteiger charge is 2.14. The van der Waals surface area contributed by atoms with Gasteiger partial charge in [0.1, 0.15) is 5.75 Å². The summed E-state index contributed by atoms with van der Waals surface area (Å²) in [4.78, 5) is 0. The van der Waals surface area contributed by atoms with Crippen LogP contribution in [0, 0.1) is 6.92 Å². The first kappa shape index (κ1) is 15.1. The molecule has 2 aromatic rings. The van der Waals surface area contributed by atoms with Crippen LogP contribution in [-0.2, 0) is 0 Å². The lowest BCUT2D eigenvalue weighted by Gasteiger charge is -2.20. The molecule has 106 valence electrons.